The molecule has 0 unspecified atom stereocenters. The summed E-state index contributed by atoms with van der Waals surface area (Å²) in [6.45, 7) is 6.20. The van der Waals surface area contributed by atoms with Gasteiger partial charge in [0.05, 0.1) is 5.25 Å². The number of nitrogens with zero attached hydrogens (tertiary/aromatic N) is 1. The van der Waals surface area contributed by atoms with Crippen molar-refractivity contribution < 1.29 is 12.8 Å². The summed E-state index contributed by atoms with van der Waals surface area (Å²) < 4.78 is 40.8. The Bertz CT molecular complexity index is 725. The van der Waals surface area contributed by atoms with Gasteiger partial charge in [0.15, 0.2) is 0 Å². The lowest BCUT2D eigenvalue weighted by atomic mass is 9.86. The van der Waals surface area contributed by atoms with Crippen molar-refractivity contribution in [2.75, 3.05) is 29.9 Å². The van der Waals surface area contributed by atoms with Crippen molar-refractivity contribution in [1.82, 2.24) is 4.72 Å². The third-order valence-corrected chi connectivity index (χ3v) is 7.65. The minimum Gasteiger partial charge on any atom is -0.385 e. The van der Waals surface area contributed by atoms with E-state index in [9.17, 15) is 12.8 Å². The molecule has 0 spiro atoms. The van der Waals surface area contributed by atoms with Crippen LogP contribution in [0.15, 0.2) is 18.2 Å². The van der Waals surface area contributed by atoms with E-state index in [0.29, 0.717) is 5.92 Å². The van der Waals surface area contributed by atoms with Gasteiger partial charge in [-0.2, -0.15) is 0 Å². The van der Waals surface area contributed by atoms with E-state index in [2.05, 4.69) is 14.9 Å². The van der Waals surface area contributed by atoms with Crippen molar-refractivity contribution >= 4 is 21.4 Å². The van der Waals surface area contributed by atoms with E-state index in [1.165, 1.54) is 12.8 Å². The van der Waals surface area contributed by atoms with Gasteiger partial charge >= 0.3 is 0 Å². The van der Waals surface area contributed by atoms with Gasteiger partial charge in [-0.15, -0.1) is 0 Å². The van der Waals surface area contributed by atoms with Crippen molar-refractivity contribution in [2.24, 2.45) is 5.92 Å². The van der Waals surface area contributed by atoms with Gasteiger partial charge < -0.3 is 10.2 Å². The van der Waals surface area contributed by atoms with Crippen molar-refractivity contribution in [3.05, 3.63) is 24.0 Å². The molecule has 1 aromatic rings. The molecule has 27 heavy (non-hydrogen) atoms. The van der Waals surface area contributed by atoms with Gasteiger partial charge in [0.2, 0.25) is 10.0 Å². The van der Waals surface area contributed by atoms with E-state index >= 15 is 0 Å². The third-order valence-electron chi connectivity index (χ3n) is 5.75. The van der Waals surface area contributed by atoms with Crippen LogP contribution >= 0.6 is 0 Å². The van der Waals surface area contributed by atoms with Gasteiger partial charge in [0.1, 0.15) is 5.82 Å². The molecule has 2 fully saturated rings. The molecule has 0 atom stereocenters. The lowest BCUT2D eigenvalue weighted by Gasteiger charge is -2.30. The molecule has 1 aromatic carbocycles. The molecule has 0 radical (unpaired) electrons. The van der Waals surface area contributed by atoms with Gasteiger partial charge in [-0.3, -0.25) is 0 Å². The molecule has 1 aliphatic carbocycles. The van der Waals surface area contributed by atoms with E-state index in [1.807, 2.05) is 6.07 Å². The van der Waals surface area contributed by atoms with E-state index in [0.717, 1.165) is 56.7 Å². The summed E-state index contributed by atoms with van der Waals surface area (Å²) in [6.07, 6.45) is 6.02. The van der Waals surface area contributed by atoms with Crippen molar-refractivity contribution in [2.45, 2.75) is 63.7 Å². The summed E-state index contributed by atoms with van der Waals surface area (Å²) >= 11 is 0. The summed E-state index contributed by atoms with van der Waals surface area (Å²) in [5.74, 6) is 0.289. The Morgan fingerprint density at radius 1 is 1.11 bits per heavy atom. The van der Waals surface area contributed by atoms with Crippen LogP contribution in [0.1, 0.15) is 52.4 Å². The summed E-state index contributed by atoms with van der Waals surface area (Å²) in [4.78, 5) is 2.24. The number of sulfonamides is 1. The molecule has 0 bridgehead atoms. The first-order valence-electron chi connectivity index (χ1n) is 10.1. The Kier molecular flexibility index (Phi) is 6.63. The quantitative estimate of drug-likeness (QED) is 0.736. The number of nitrogens with one attached hydrogen (secondary N) is 2. The highest BCUT2D eigenvalue weighted by molar-refractivity contribution is 7.90. The summed E-state index contributed by atoms with van der Waals surface area (Å²) in [7, 11) is -3.20. The molecule has 152 valence electrons. The number of hydrogen-bond acceptors (Lipinski definition) is 4. The molecule has 2 aliphatic rings. The second kappa shape index (κ2) is 8.78. The fraction of sp³-hybridized carbons (Fsp3) is 0.700. The number of benzene rings is 1. The maximum Gasteiger partial charge on any atom is 0.214 e. The first kappa shape index (κ1) is 20.4. The van der Waals surface area contributed by atoms with Crippen molar-refractivity contribution in [3.8, 4) is 0 Å². The van der Waals surface area contributed by atoms with Gasteiger partial charge in [0, 0.05) is 37.1 Å². The maximum absolute atomic E-state index is 14.0. The van der Waals surface area contributed by atoms with E-state index < -0.39 is 15.3 Å². The minimum atomic E-state index is -3.20. The highest BCUT2D eigenvalue weighted by atomic mass is 32.2. The molecular weight excluding hydrogens is 365 g/mol. The van der Waals surface area contributed by atoms with Crippen LogP contribution in [-0.4, -0.2) is 39.3 Å². The molecule has 1 saturated heterocycles. The molecule has 1 saturated carbocycles. The molecule has 3 rings (SSSR count). The standard InChI is InChI=1S/C20H32FN3O2S/c1-15(2)27(25,26)23-18-7-5-16(6-8-18)14-22-19-11-17(21)12-20(13-19)24-9-3-4-10-24/h11-13,15-16,18,22-23H,3-10,14H2,1-2H3. The molecule has 7 heteroatoms. The Labute approximate surface area is 162 Å². The molecule has 0 amide bonds. The molecule has 1 aliphatic heterocycles. The van der Waals surface area contributed by atoms with Crippen LogP contribution in [0.4, 0.5) is 15.8 Å². The highest BCUT2D eigenvalue weighted by Crippen LogP contribution is 2.28. The number of anilines is 2. The lowest BCUT2D eigenvalue weighted by molar-refractivity contribution is 0.323. The van der Waals surface area contributed by atoms with Crippen LogP contribution in [-0.2, 0) is 10.0 Å². The SMILES string of the molecule is CC(C)S(=O)(=O)NC1CCC(CNc2cc(F)cc(N3CCCC3)c2)CC1. The van der Waals surface area contributed by atoms with Crippen LogP contribution in [0.25, 0.3) is 0 Å². The molecule has 5 nitrogen and oxygen atoms in total. The summed E-state index contributed by atoms with van der Waals surface area (Å²) in [5, 5.41) is 3.00. The minimum absolute atomic E-state index is 0.0459. The number of halogens is 1. The van der Waals surface area contributed by atoms with Crippen LogP contribution in [0.5, 0.6) is 0 Å². The van der Waals surface area contributed by atoms with E-state index in [-0.39, 0.29) is 11.9 Å². The molecule has 0 aromatic heterocycles. The van der Waals surface area contributed by atoms with Crippen LogP contribution in [0.3, 0.4) is 0 Å². The van der Waals surface area contributed by atoms with Gasteiger partial charge in [-0.25, -0.2) is 17.5 Å². The zero-order valence-corrected chi connectivity index (χ0v) is 17.2. The number of hydrogen-bond donors (Lipinski definition) is 2. The average Bonchev–Trinajstić information content (AvgIpc) is 3.15. The van der Waals surface area contributed by atoms with Gasteiger partial charge in [-0.1, -0.05) is 0 Å². The lowest BCUT2D eigenvalue weighted by Crippen LogP contribution is -2.41. The zero-order valence-electron chi connectivity index (χ0n) is 16.4. The predicted octanol–water partition coefficient (Wildman–Crippen LogP) is 3.72. The summed E-state index contributed by atoms with van der Waals surface area (Å²) in [5.41, 5.74) is 1.79. The first-order valence-corrected chi connectivity index (χ1v) is 11.7. The smallest absolute Gasteiger partial charge is 0.214 e. The van der Waals surface area contributed by atoms with E-state index in [4.69, 9.17) is 0 Å². The second-order valence-electron chi connectivity index (χ2n) is 8.20. The van der Waals surface area contributed by atoms with Crippen LogP contribution < -0.4 is 14.9 Å². The number of rotatable bonds is 7. The largest absolute Gasteiger partial charge is 0.385 e. The molecular formula is C20H32FN3O2S. The molecule has 1 heterocycles. The highest BCUT2D eigenvalue weighted by Gasteiger charge is 2.26. The fourth-order valence-electron chi connectivity index (χ4n) is 3.95. The fourth-order valence-corrected chi connectivity index (χ4v) is 4.92. The Morgan fingerprint density at radius 3 is 2.41 bits per heavy atom. The average molecular weight is 398 g/mol. The van der Waals surface area contributed by atoms with E-state index in [1.54, 1.807) is 26.0 Å². The van der Waals surface area contributed by atoms with Gasteiger partial charge in [0.25, 0.3) is 0 Å². The zero-order chi connectivity index (χ0) is 19.4. The van der Waals surface area contributed by atoms with Crippen molar-refractivity contribution in [3.63, 3.8) is 0 Å². The van der Waals surface area contributed by atoms with Crippen LogP contribution in [0, 0.1) is 11.7 Å². The van der Waals surface area contributed by atoms with Gasteiger partial charge in [-0.05, 0) is 76.5 Å². The summed E-state index contributed by atoms with van der Waals surface area (Å²) in [6, 6.07) is 5.26. The maximum atomic E-state index is 14.0. The third kappa shape index (κ3) is 5.57. The Hall–Kier alpha value is -1.34. The monoisotopic (exact) mass is 397 g/mol. The normalized spacial score (nSPS) is 23.8. The van der Waals surface area contributed by atoms with Crippen LogP contribution in [0.2, 0.25) is 0 Å². The Morgan fingerprint density at radius 2 is 1.78 bits per heavy atom. The second-order valence-corrected chi connectivity index (χ2v) is 10.5. The molecule has 2 N–H and O–H groups in total. The first-order chi connectivity index (χ1) is 12.8. The topological polar surface area (TPSA) is 61.4 Å². The van der Waals surface area contributed by atoms with Crippen molar-refractivity contribution in [1.29, 1.82) is 0 Å². The Balaban J connectivity index is 1.49. The predicted molar refractivity (Wildman–Crippen MR) is 109 cm³/mol.